The predicted octanol–water partition coefficient (Wildman–Crippen LogP) is 1.88. The van der Waals surface area contributed by atoms with Crippen LogP contribution in [0.15, 0.2) is 0 Å². The monoisotopic (exact) mass is 312 g/mol. The molecule has 0 aromatic rings. The van der Waals surface area contributed by atoms with E-state index in [4.69, 9.17) is 33.3 Å². The Bertz CT molecular complexity index is 307. The number of rotatable bonds is 9. The number of ether oxygens (including phenoxy) is 2. The summed E-state index contributed by atoms with van der Waals surface area (Å²) in [6.07, 6.45) is -0.790. The van der Waals surface area contributed by atoms with Crippen LogP contribution in [0, 0.1) is 5.41 Å². The number of hydrogen-bond acceptors (Lipinski definition) is 5. The maximum absolute atomic E-state index is 11.6. The normalized spacial score (nSPS) is 9.84. The van der Waals surface area contributed by atoms with Crippen molar-refractivity contribution in [3.05, 3.63) is 0 Å². The van der Waals surface area contributed by atoms with E-state index in [0.717, 1.165) is 0 Å². The van der Waals surface area contributed by atoms with Crippen LogP contribution in [0.5, 0.6) is 0 Å². The fraction of sp³-hybridized carbons (Fsp3) is 0.727. The van der Waals surface area contributed by atoms with Gasteiger partial charge in [0.1, 0.15) is 6.61 Å². The number of nitrogens with zero attached hydrogens (tertiary/aromatic N) is 1. The van der Waals surface area contributed by atoms with Crippen molar-refractivity contribution in [1.82, 2.24) is 4.90 Å². The smallest absolute Gasteiger partial charge is 0.410 e. The van der Waals surface area contributed by atoms with Crippen LogP contribution in [-0.2, 0) is 14.3 Å². The highest BCUT2D eigenvalue weighted by Crippen LogP contribution is 1.98. The maximum atomic E-state index is 11.6. The van der Waals surface area contributed by atoms with Crippen molar-refractivity contribution in [2.45, 2.75) is 13.3 Å². The molecular formula is C11H18Cl2N2O4. The first-order valence-electron chi connectivity index (χ1n) is 5.80. The molecule has 0 aromatic carbocycles. The molecular weight excluding hydrogens is 295 g/mol. The summed E-state index contributed by atoms with van der Waals surface area (Å²) in [7, 11) is 0. The van der Waals surface area contributed by atoms with Gasteiger partial charge in [0, 0.05) is 24.8 Å². The van der Waals surface area contributed by atoms with Gasteiger partial charge in [0.25, 0.3) is 0 Å². The Kier molecular flexibility index (Phi) is 10.3. The average molecular weight is 313 g/mol. The van der Waals surface area contributed by atoms with Gasteiger partial charge in [-0.2, -0.15) is 0 Å². The molecule has 0 fully saturated rings. The van der Waals surface area contributed by atoms with E-state index in [1.54, 1.807) is 6.92 Å². The summed E-state index contributed by atoms with van der Waals surface area (Å²) in [5, 5.41) is 7.49. The zero-order valence-electron chi connectivity index (χ0n) is 10.8. The molecule has 0 radical (unpaired) electrons. The zero-order valence-corrected chi connectivity index (χ0v) is 12.3. The lowest BCUT2D eigenvalue weighted by molar-refractivity contribution is -0.141. The van der Waals surface area contributed by atoms with Crippen molar-refractivity contribution in [3.8, 4) is 0 Å². The molecule has 0 spiro atoms. The lowest BCUT2D eigenvalue weighted by Gasteiger charge is -2.19. The molecule has 110 valence electrons. The van der Waals surface area contributed by atoms with Crippen molar-refractivity contribution in [3.63, 3.8) is 0 Å². The standard InChI is InChI=1S/C11H18Cl2N2O4/c1-2-18-10(16)7-9(14)8-19-11(17)15(5-3-12)6-4-13/h14H,2-8H2,1H3. The van der Waals surface area contributed by atoms with Crippen LogP contribution in [0.3, 0.4) is 0 Å². The summed E-state index contributed by atoms with van der Waals surface area (Å²) < 4.78 is 9.57. The molecule has 0 saturated carbocycles. The Morgan fingerprint density at radius 2 is 1.74 bits per heavy atom. The summed E-state index contributed by atoms with van der Waals surface area (Å²) in [4.78, 5) is 24.0. The number of nitrogens with one attached hydrogen (secondary N) is 1. The van der Waals surface area contributed by atoms with Gasteiger partial charge >= 0.3 is 12.1 Å². The molecule has 0 aliphatic rings. The maximum Gasteiger partial charge on any atom is 0.410 e. The molecule has 8 heteroatoms. The SMILES string of the molecule is CCOC(=O)CC(=N)COC(=O)N(CCCl)CCCl. The van der Waals surface area contributed by atoms with Gasteiger partial charge in [-0.25, -0.2) is 4.79 Å². The molecule has 0 aromatic heterocycles. The largest absolute Gasteiger partial charge is 0.466 e. The minimum atomic E-state index is -0.602. The molecule has 0 atom stereocenters. The number of hydrogen-bond donors (Lipinski definition) is 1. The fourth-order valence-electron chi connectivity index (χ4n) is 1.18. The Labute approximate surface area is 122 Å². The van der Waals surface area contributed by atoms with Crippen molar-refractivity contribution >= 4 is 41.0 Å². The van der Waals surface area contributed by atoms with E-state index in [-0.39, 0.29) is 37.1 Å². The van der Waals surface area contributed by atoms with Gasteiger partial charge in [0.05, 0.1) is 18.7 Å². The molecule has 1 N–H and O–H groups in total. The Morgan fingerprint density at radius 3 is 2.21 bits per heavy atom. The first kappa shape index (κ1) is 18.0. The number of carbonyl (C=O) groups excluding carboxylic acids is 2. The first-order chi connectivity index (χ1) is 9.04. The molecule has 0 saturated heterocycles. The Morgan fingerprint density at radius 1 is 1.16 bits per heavy atom. The highest BCUT2D eigenvalue weighted by molar-refractivity contribution is 6.18. The van der Waals surface area contributed by atoms with E-state index in [2.05, 4.69) is 4.74 Å². The van der Waals surface area contributed by atoms with Gasteiger partial charge in [0.15, 0.2) is 0 Å². The van der Waals surface area contributed by atoms with Gasteiger partial charge in [-0.1, -0.05) is 0 Å². The quantitative estimate of drug-likeness (QED) is 0.400. The molecule has 6 nitrogen and oxygen atoms in total. The third-order valence-corrected chi connectivity index (χ3v) is 2.34. The molecule has 0 unspecified atom stereocenters. The van der Waals surface area contributed by atoms with Crippen molar-refractivity contribution < 1.29 is 19.1 Å². The van der Waals surface area contributed by atoms with E-state index >= 15 is 0 Å². The number of amides is 1. The predicted molar refractivity (Wildman–Crippen MR) is 73.3 cm³/mol. The number of halogens is 2. The van der Waals surface area contributed by atoms with Crippen molar-refractivity contribution in [2.75, 3.05) is 38.1 Å². The van der Waals surface area contributed by atoms with E-state index in [1.807, 2.05) is 0 Å². The molecule has 19 heavy (non-hydrogen) atoms. The lowest BCUT2D eigenvalue weighted by atomic mass is 10.3. The van der Waals surface area contributed by atoms with Crippen LogP contribution in [0.25, 0.3) is 0 Å². The average Bonchev–Trinajstić information content (AvgIpc) is 2.36. The van der Waals surface area contributed by atoms with E-state index in [1.165, 1.54) is 4.90 Å². The van der Waals surface area contributed by atoms with E-state index < -0.39 is 12.1 Å². The van der Waals surface area contributed by atoms with Crippen molar-refractivity contribution in [2.24, 2.45) is 0 Å². The number of alkyl halides is 2. The van der Waals surface area contributed by atoms with Gasteiger partial charge in [-0.05, 0) is 6.92 Å². The van der Waals surface area contributed by atoms with Crippen LogP contribution in [0.4, 0.5) is 4.79 Å². The Balaban J connectivity index is 4.05. The summed E-state index contributed by atoms with van der Waals surface area (Å²) in [6, 6.07) is 0. The highest BCUT2D eigenvalue weighted by atomic mass is 35.5. The summed E-state index contributed by atoms with van der Waals surface area (Å²) >= 11 is 11.1. The van der Waals surface area contributed by atoms with Crippen LogP contribution >= 0.6 is 23.2 Å². The van der Waals surface area contributed by atoms with Gasteiger partial charge in [-0.15, -0.1) is 23.2 Å². The molecule has 0 heterocycles. The van der Waals surface area contributed by atoms with E-state index in [0.29, 0.717) is 13.1 Å². The van der Waals surface area contributed by atoms with Crippen LogP contribution in [0.2, 0.25) is 0 Å². The van der Waals surface area contributed by atoms with Gasteiger partial charge in [0.2, 0.25) is 0 Å². The van der Waals surface area contributed by atoms with Crippen LogP contribution < -0.4 is 0 Å². The topological polar surface area (TPSA) is 79.7 Å². The highest BCUT2D eigenvalue weighted by Gasteiger charge is 2.15. The first-order valence-corrected chi connectivity index (χ1v) is 6.87. The second-order valence-electron chi connectivity index (χ2n) is 3.50. The number of esters is 1. The molecule has 0 bridgehead atoms. The molecule has 0 aliphatic heterocycles. The molecule has 0 aliphatic carbocycles. The zero-order chi connectivity index (χ0) is 14.7. The van der Waals surface area contributed by atoms with Gasteiger partial charge < -0.3 is 19.8 Å². The third-order valence-electron chi connectivity index (χ3n) is 2.00. The fourth-order valence-corrected chi connectivity index (χ4v) is 1.58. The summed E-state index contributed by atoms with van der Waals surface area (Å²) in [6.45, 7) is 2.32. The summed E-state index contributed by atoms with van der Waals surface area (Å²) in [5.74, 6) is 0.0281. The van der Waals surface area contributed by atoms with Gasteiger partial charge in [-0.3, -0.25) is 4.79 Å². The second-order valence-corrected chi connectivity index (χ2v) is 4.26. The summed E-state index contributed by atoms with van der Waals surface area (Å²) in [5.41, 5.74) is -0.0245. The van der Waals surface area contributed by atoms with Crippen molar-refractivity contribution in [1.29, 1.82) is 5.41 Å². The van der Waals surface area contributed by atoms with Crippen LogP contribution in [-0.4, -0.2) is 60.7 Å². The molecule has 0 rings (SSSR count). The second kappa shape index (κ2) is 10.9. The minimum Gasteiger partial charge on any atom is -0.466 e. The molecule has 1 amide bonds. The lowest BCUT2D eigenvalue weighted by Crippen LogP contribution is -2.36. The number of carbonyl (C=O) groups is 2. The van der Waals surface area contributed by atoms with Crippen LogP contribution in [0.1, 0.15) is 13.3 Å². The van der Waals surface area contributed by atoms with E-state index in [9.17, 15) is 9.59 Å². The Hall–Kier alpha value is -1.01. The third kappa shape index (κ3) is 8.67. The minimum absolute atomic E-state index is 0.0245.